The zero-order valence-electron chi connectivity index (χ0n) is 11.3. The summed E-state index contributed by atoms with van der Waals surface area (Å²) in [6.45, 7) is 9.33. The third-order valence-electron chi connectivity index (χ3n) is 2.21. The Morgan fingerprint density at radius 1 is 1.12 bits per heavy atom. The standard InChI is InChI=1S/C13H22O4/c1-6-16-11(14)13(5,9-8-10(3)4)12(15)17-7-2/h8-10H,6-7H2,1-5H3. The summed E-state index contributed by atoms with van der Waals surface area (Å²) >= 11 is 0. The molecule has 0 fully saturated rings. The quantitative estimate of drug-likeness (QED) is 0.407. The lowest BCUT2D eigenvalue weighted by atomic mass is 9.89. The van der Waals surface area contributed by atoms with Crippen LogP contribution in [0.25, 0.3) is 0 Å². The average Bonchev–Trinajstić information content (AvgIpc) is 2.26. The Balaban J connectivity index is 5.05. The molecule has 0 saturated heterocycles. The minimum absolute atomic E-state index is 0.239. The highest BCUT2D eigenvalue weighted by atomic mass is 16.6. The van der Waals surface area contributed by atoms with Gasteiger partial charge in [-0.2, -0.15) is 0 Å². The minimum atomic E-state index is -1.35. The van der Waals surface area contributed by atoms with Crippen molar-refractivity contribution >= 4 is 11.9 Å². The van der Waals surface area contributed by atoms with Crippen LogP contribution in [0.15, 0.2) is 12.2 Å². The first-order valence-corrected chi connectivity index (χ1v) is 5.92. The molecule has 0 aliphatic carbocycles. The van der Waals surface area contributed by atoms with Crippen LogP contribution in [-0.2, 0) is 19.1 Å². The number of esters is 2. The van der Waals surface area contributed by atoms with Gasteiger partial charge in [0.1, 0.15) is 0 Å². The van der Waals surface area contributed by atoms with E-state index in [0.29, 0.717) is 0 Å². The maximum absolute atomic E-state index is 11.8. The third kappa shape index (κ3) is 4.59. The van der Waals surface area contributed by atoms with Gasteiger partial charge in [0, 0.05) is 0 Å². The predicted octanol–water partition coefficient (Wildman–Crippen LogP) is 2.33. The van der Waals surface area contributed by atoms with E-state index in [0.717, 1.165) is 0 Å². The lowest BCUT2D eigenvalue weighted by molar-refractivity contribution is -0.166. The highest BCUT2D eigenvalue weighted by molar-refractivity contribution is 6.01. The first-order valence-electron chi connectivity index (χ1n) is 5.92. The van der Waals surface area contributed by atoms with Crippen LogP contribution in [-0.4, -0.2) is 25.2 Å². The molecule has 0 aromatic heterocycles. The molecule has 0 aliphatic heterocycles. The molecule has 0 amide bonds. The molecule has 0 atom stereocenters. The van der Waals surface area contributed by atoms with Gasteiger partial charge in [0.05, 0.1) is 13.2 Å². The fraction of sp³-hybridized carbons (Fsp3) is 0.692. The Labute approximate surface area is 103 Å². The highest BCUT2D eigenvalue weighted by Gasteiger charge is 2.41. The topological polar surface area (TPSA) is 52.6 Å². The summed E-state index contributed by atoms with van der Waals surface area (Å²) < 4.78 is 9.83. The highest BCUT2D eigenvalue weighted by Crippen LogP contribution is 2.24. The first-order chi connectivity index (χ1) is 7.88. The maximum Gasteiger partial charge on any atom is 0.327 e. The van der Waals surface area contributed by atoms with Crippen molar-refractivity contribution in [1.29, 1.82) is 0 Å². The first kappa shape index (κ1) is 15.7. The predicted molar refractivity (Wildman–Crippen MR) is 65.4 cm³/mol. The van der Waals surface area contributed by atoms with Crippen molar-refractivity contribution in [2.24, 2.45) is 11.3 Å². The Bertz CT molecular complexity index is 274. The number of ether oxygens (including phenoxy) is 2. The van der Waals surface area contributed by atoms with Crippen molar-refractivity contribution in [3.8, 4) is 0 Å². The van der Waals surface area contributed by atoms with Crippen LogP contribution in [0.4, 0.5) is 0 Å². The normalized spacial score (nSPS) is 11.9. The summed E-state index contributed by atoms with van der Waals surface area (Å²) in [6, 6.07) is 0. The van der Waals surface area contributed by atoms with E-state index in [-0.39, 0.29) is 19.1 Å². The lowest BCUT2D eigenvalue weighted by Crippen LogP contribution is -2.37. The van der Waals surface area contributed by atoms with Gasteiger partial charge in [-0.05, 0) is 26.7 Å². The van der Waals surface area contributed by atoms with Crippen molar-refractivity contribution in [2.45, 2.75) is 34.6 Å². The van der Waals surface area contributed by atoms with Gasteiger partial charge in [0.15, 0.2) is 5.41 Å². The van der Waals surface area contributed by atoms with Gasteiger partial charge in [-0.25, -0.2) is 0 Å². The summed E-state index contributed by atoms with van der Waals surface area (Å²) in [6.07, 6.45) is 3.36. The molecule has 0 heterocycles. The van der Waals surface area contributed by atoms with E-state index in [4.69, 9.17) is 9.47 Å². The summed E-state index contributed by atoms with van der Waals surface area (Å²) in [7, 11) is 0. The molecule has 0 spiro atoms. The molecule has 4 nitrogen and oxygen atoms in total. The van der Waals surface area contributed by atoms with E-state index in [1.54, 1.807) is 26.0 Å². The number of hydrogen-bond acceptors (Lipinski definition) is 4. The van der Waals surface area contributed by atoms with Crippen LogP contribution in [0.2, 0.25) is 0 Å². The molecule has 0 unspecified atom stereocenters. The number of carbonyl (C=O) groups is 2. The zero-order valence-corrected chi connectivity index (χ0v) is 11.3. The van der Waals surface area contributed by atoms with E-state index in [1.165, 1.54) is 6.92 Å². The summed E-state index contributed by atoms with van der Waals surface area (Å²) in [5, 5.41) is 0. The lowest BCUT2D eigenvalue weighted by Gasteiger charge is -2.21. The second-order valence-corrected chi connectivity index (χ2v) is 4.25. The van der Waals surface area contributed by atoms with E-state index in [1.807, 2.05) is 13.8 Å². The Hall–Kier alpha value is -1.32. The molecule has 0 aromatic rings. The van der Waals surface area contributed by atoms with Crippen LogP contribution < -0.4 is 0 Å². The molecule has 0 aliphatic rings. The Morgan fingerprint density at radius 3 is 1.82 bits per heavy atom. The zero-order chi connectivity index (χ0) is 13.5. The molecule has 0 aromatic carbocycles. The van der Waals surface area contributed by atoms with Gasteiger partial charge in [0.25, 0.3) is 0 Å². The van der Waals surface area contributed by atoms with Gasteiger partial charge in [-0.3, -0.25) is 9.59 Å². The maximum atomic E-state index is 11.8. The SMILES string of the molecule is CCOC(=O)C(C)(C=CC(C)C)C(=O)OCC. The van der Waals surface area contributed by atoms with E-state index >= 15 is 0 Å². The van der Waals surface area contributed by atoms with Gasteiger partial charge >= 0.3 is 11.9 Å². The molecule has 4 heteroatoms. The molecular formula is C13H22O4. The van der Waals surface area contributed by atoms with Crippen molar-refractivity contribution in [3.63, 3.8) is 0 Å². The number of allylic oxidation sites excluding steroid dienone is 1. The molecule has 0 bridgehead atoms. The van der Waals surface area contributed by atoms with Crippen LogP contribution in [0.5, 0.6) is 0 Å². The van der Waals surface area contributed by atoms with Crippen molar-refractivity contribution in [3.05, 3.63) is 12.2 Å². The largest absolute Gasteiger partial charge is 0.465 e. The van der Waals surface area contributed by atoms with Crippen molar-refractivity contribution < 1.29 is 19.1 Å². The molecule has 98 valence electrons. The second kappa shape index (κ2) is 7.09. The smallest absolute Gasteiger partial charge is 0.327 e. The van der Waals surface area contributed by atoms with Crippen LogP contribution in [0.3, 0.4) is 0 Å². The minimum Gasteiger partial charge on any atom is -0.465 e. The Kier molecular flexibility index (Phi) is 6.54. The fourth-order valence-corrected chi connectivity index (χ4v) is 1.17. The van der Waals surface area contributed by atoms with E-state index in [2.05, 4.69) is 0 Å². The summed E-state index contributed by atoms with van der Waals surface area (Å²) in [5.74, 6) is -0.899. The summed E-state index contributed by atoms with van der Waals surface area (Å²) in [5.41, 5.74) is -1.35. The molecule has 0 saturated carbocycles. The van der Waals surface area contributed by atoms with Gasteiger partial charge in [0.2, 0.25) is 0 Å². The molecule has 0 radical (unpaired) electrons. The van der Waals surface area contributed by atoms with E-state index < -0.39 is 17.4 Å². The monoisotopic (exact) mass is 242 g/mol. The Morgan fingerprint density at radius 2 is 1.53 bits per heavy atom. The second-order valence-electron chi connectivity index (χ2n) is 4.25. The molecule has 0 N–H and O–H groups in total. The van der Waals surface area contributed by atoms with Crippen LogP contribution in [0, 0.1) is 11.3 Å². The molecule has 17 heavy (non-hydrogen) atoms. The number of rotatable bonds is 6. The van der Waals surface area contributed by atoms with Crippen molar-refractivity contribution in [2.75, 3.05) is 13.2 Å². The average molecular weight is 242 g/mol. The summed E-state index contributed by atoms with van der Waals surface area (Å²) in [4.78, 5) is 23.6. The van der Waals surface area contributed by atoms with Crippen LogP contribution in [0.1, 0.15) is 34.6 Å². The van der Waals surface area contributed by atoms with Crippen LogP contribution >= 0.6 is 0 Å². The van der Waals surface area contributed by atoms with Crippen molar-refractivity contribution in [1.82, 2.24) is 0 Å². The van der Waals surface area contributed by atoms with E-state index in [9.17, 15) is 9.59 Å². The van der Waals surface area contributed by atoms with Gasteiger partial charge < -0.3 is 9.47 Å². The third-order valence-corrected chi connectivity index (χ3v) is 2.21. The van der Waals surface area contributed by atoms with Gasteiger partial charge in [-0.15, -0.1) is 0 Å². The molecule has 0 rings (SSSR count). The number of carbonyl (C=O) groups excluding carboxylic acids is 2. The number of hydrogen-bond donors (Lipinski definition) is 0. The van der Waals surface area contributed by atoms with Gasteiger partial charge in [-0.1, -0.05) is 26.0 Å². The fourth-order valence-electron chi connectivity index (χ4n) is 1.17. The molecular weight excluding hydrogens is 220 g/mol.